The van der Waals surface area contributed by atoms with Crippen LogP contribution in [0.4, 0.5) is 5.69 Å². The first-order chi connectivity index (χ1) is 10.6. The van der Waals surface area contributed by atoms with Gasteiger partial charge in [0, 0.05) is 12.1 Å². The zero-order valence-electron chi connectivity index (χ0n) is 12.7. The Labute approximate surface area is 130 Å². The van der Waals surface area contributed by atoms with Gasteiger partial charge in [-0.3, -0.25) is 10.1 Å². The molecule has 1 atom stereocenters. The molecule has 0 heterocycles. The number of aryl methyl sites for hydroxylation is 2. The molecule has 0 spiro atoms. The van der Waals surface area contributed by atoms with Crippen molar-refractivity contribution in [3.8, 4) is 6.07 Å². The first kappa shape index (κ1) is 15.7. The summed E-state index contributed by atoms with van der Waals surface area (Å²) in [5, 5.41) is 20.8. The topological polar surface area (TPSA) is 66.9 Å². The molecule has 0 saturated carbocycles. The maximum Gasteiger partial charge on any atom is 0.269 e. The zero-order chi connectivity index (χ0) is 16.1. The molecule has 2 aromatic rings. The van der Waals surface area contributed by atoms with Gasteiger partial charge < -0.3 is 0 Å². The lowest BCUT2D eigenvalue weighted by Crippen LogP contribution is -2.08. The van der Waals surface area contributed by atoms with Gasteiger partial charge in [-0.15, -0.1) is 0 Å². The highest BCUT2D eigenvalue weighted by molar-refractivity contribution is 5.52. The predicted molar refractivity (Wildman–Crippen MR) is 85.8 cm³/mol. The van der Waals surface area contributed by atoms with Crippen LogP contribution in [-0.4, -0.2) is 4.92 Å². The summed E-state index contributed by atoms with van der Waals surface area (Å²) < 4.78 is 0. The third-order valence-electron chi connectivity index (χ3n) is 3.86. The van der Waals surface area contributed by atoms with Crippen LogP contribution in [0.3, 0.4) is 0 Å². The number of rotatable bonds is 5. The Bertz CT molecular complexity index is 693. The Morgan fingerprint density at radius 1 is 1.14 bits per heavy atom. The van der Waals surface area contributed by atoms with Crippen LogP contribution in [0.1, 0.15) is 42.0 Å². The minimum Gasteiger partial charge on any atom is -0.258 e. The summed E-state index contributed by atoms with van der Waals surface area (Å²) in [7, 11) is 0. The number of nitro benzene ring substituents is 1. The number of hydrogen-bond acceptors (Lipinski definition) is 3. The maximum absolute atomic E-state index is 11.1. The average Bonchev–Trinajstić information content (AvgIpc) is 2.56. The third-order valence-corrected chi connectivity index (χ3v) is 3.86. The summed E-state index contributed by atoms with van der Waals surface area (Å²) in [6.45, 7) is 3.92. The van der Waals surface area contributed by atoms with Crippen LogP contribution in [-0.2, 0) is 12.8 Å². The third kappa shape index (κ3) is 2.99. The molecule has 0 aromatic heterocycles. The van der Waals surface area contributed by atoms with Gasteiger partial charge in [0.05, 0.1) is 16.9 Å². The minimum atomic E-state index is -0.396. The van der Waals surface area contributed by atoms with Crippen LogP contribution >= 0.6 is 0 Å². The molecule has 0 radical (unpaired) electrons. The fourth-order valence-corrected chi connectivity index (χ4v) is 2.77. The van der Waals surface area contributed by atoms with E-state index in [0.717, 1.165) is 22.3 Å². The molecule has 2 aromatic carbocycles. The lowest BCUT2D eigenvalue weighted by molar-refractivity contribution is -0.385. The summed E-state index contributed by atoms with van der Waals surface area (Å²) >= 11 is 0. The van der Waals surface area contributed by atoms with Gasteiger partial charge >= 0.3 is 0 Å². The van der Waals surface area contributed by atoms with E-state index < -0.39 is 5.92 Å². The normalized spacial score (nSPS) is 11.7. The van der Waals surface area contributed by atoms with Crippen LogP contribution in [0.5, 0.6) is 0 Å². The van der Waals surface area contributed by atoms with Crippen molar-refractivity contribution in [1.82, 2.24) is 0 Å². The maximum atomic E-state index is 11.1. The van der Waals surface area contributed by atoms with Gasteiger partial charge in [-0.1, -0.05) is 44.2 Å². The number of hydrogen-bond donors (Lipinski definition) is 0. The van der Waals surface area contributed by atoms with Crippen molar-refractivity contribution in [2.45, 2.75) is 32.6 Å². The predicted octanol–water partition coefficient (Wildman–Crippen LogP) is 4.38. The first-order valence-electron chi connectivity index (χ1n) is 7.37. The summed E-state index contributed by atoms with van der Waals surface area (Å²) in [6, 6.07) is 15.1. The second-order valence-corrected chi connectivity index (χ2v) is 5.11. The molecule has 0 aliphatic heterocycles. The zero-order valence-corrected chi connectivity index (χ0v) is 12.7. The van der Waals surface area contributed by atoms with Crippen molar-refractivity contribution in [2.24, 2.45) is 0 Å². The highest BCUT2D eigenvalue weighted by Crippen LogP contribution is 2.33. The van der Waals surface area contributed by atoms with Crippen LogP contribution in [0.25, 0.3) is 0 Å². The van der Waals surface area contributed by atoms with Crippen LogP contribution in [0, 0.1) is 21.4 Å². The highest BCUT2D eigenvalue weighted by Gasteiger charge is 2.22. The smallest absolute Gasteiger partial charge is 0.258 e. The molecule has 22 heavy (non-hydrogen) atoms. The number of nitrogens with zero attached hydrogens (tertiary/aromatic N) is 2. The number of non-ortho nitro benzene ring substituents is 1. The van der Waals surface area contributed by atoms with Gasteiger partial charge in [0.25, 0.3) is 5.69 Å². The number of nitriles is 1. The molecule has 0 aliphatic rings. The molecule has 0 bridgehead atoms. The van der Waals surface area contributed by atoms with Gasteiger partial charge in [0.15, 0.2) is 0 Å². The van der Waals surface area contributed by atoms with E-state index in [9.17, 15) is 15.4 Å². The van der Waals surface area contributed by atoms with E-state index in [4.69, 9.17) is 0 Å². The van der Waals surface area contributed by atoms with Crippen molar-refractivity contribution >= 4 is 5.69 Å². The Balaban J connectivity index is 2.67. The van der Waals surface area contributed by atoms with Crippen molar-refractivity contribution in [2.75, 3.05) is 0 Å². The molecular formula is C18H18N2O2. The summed E-state index contributed by atoms with van der Waals surface area (Å²) in [6.07, 6.45) is 1.32. The van der Waals surface area contributed by atoms with Crippen molar-refractivity contribution in [1.29, 1.82) is 5.26 Å². The molecule has 4 nitrogen and oxygen atoms in total. The van der Waals surface area contributed by atoms with Crippen LogP contribution in [0.2, 0.25) is 0 Å². The van der Waals surface area contributed by atoms with Crippen LogP contribution in [0.15, 0.2) is 42.5 Å². The van der Waals surface area contributed by atoms with Crippen molar-refractivity contribution in [3.05, 3.63) is 74.8 Å². The lowest BCUT2D eigenvalue weighted by atomic mass is 9.84. The van der Waals surface area contributed by atoms with Gasteiger partial charge in [-0.2, -0.15) is 5.26 Å². The SMILES string of the molecule is CCc1cc([N+](=O)[O-])cc(CC)c1C(C#N)c1ccccc1. The second-order valence-electron chi connectivity index (χ2n) is 5.11. The average molecular weight is 294 g/mol. The van der Waals surface area contributed by atoms with Gasteiger partial charge in [-0.05, 0) is 35.1 Å². The van der Waals surface area contributed by atoms with E-state index in [2.05, 4.69) is 6.07 Å². The Morgan fingerprint density at radius 3 is 2.09 bits per heavy atom. The molecule has 2 rings (SSSR count). The monoisotopic (exact) mass is 294 g/mol. The molecule has 0 saturated heterocycles. The van der Waals surface area contributed by atoms with E-state index in [1.54, 1.807) is 12.1 Å². The van der Waals surface area contributed by atoms with E-state index in [-0.39, 0.29) is 10.6 Å². The molecule has 0 amide bonds. The second kappa shape index (κ2) is 6.86. The quantitative estimate of drug-likeness (QED) is 0.607. The van der Waals surface area contributed by atoms with Crippen LogP contribution < -0.4 is 0 Å². The van der Waals surface area contributed by atoms with Gasteiger partial charge in [0.2, 0.25) is 0 Å². The molecule has 0 N–H and O–H groups in total. The van der Waals surface area contributed by atoms with Crippen molar-refractivity contribution in [3.63, 3.8) is 0 Å². The Kier molecular flexibility index (Phi) is 4.90. The summed E-state index contributed by atoms with van der Waals surface area (Å²) in [5.74, 6) is -0.396. The van der Waals surface area contributed by atoms with Crippen molar-refractivity contribution < 1.29 is 4.92 Å². The fourth-order valence-electron chi connectivity index (χ4n) is 2.77. The molecule has 1 unspecified atom stereocenters. The van der Waals surface area contributed by atoms with E-state index in [0.29, 0.717) is 12.8 Å². The molecular weight excluding hydrogens is 276 g/mol. The largest absolute Gasteiger partial charge is 0.269 e. The fraction of sp³-hybridized carbons (Fsp3) is 0.278. The minimum absolute atomic E-state index is 0.0993. The number of nitro groups is 1. The van der Waals surface area contributed by atoms with E-state index in [1.165, 1.54) is 0 Å². The lowest BCUT2D eigenvalue weighted by Gasteiger charge is -2.18. The van der Waals surface area contributed by atoms with E-state index >= 15 is 0 Å². The Morgan fingerprint density at radius 2 is 1.68 bits per heavy atom. The molecule has 0 fully saturated rings. The Hall–Kier alpha value is -2.67. The van der Waals surface area contributed by atoms with Gasteiger partial charge in [-0.25, -0.2) is 0 Å². The summed E-state index contributed by atoms with van der Waals surface area (Å²) in [5.41, 5.74) is 3.69. The standard InChI is InChI=1S/C18H18N2O2/c1-3-13-10-16(20(21)22)11-14(4-2)18(13)17(12-19)15-8-6-5-7-9-15/h5-11,17H,3-4H2,1-2H3. The van der Waals surface area contributed by atoms with Gasteiger partial charge in [0.1, 0.15) is 0 Å². The molecule has 0 aliphatic carbocycles. The number of benzene rings is 2. The molecule has 112 valence electrons. The summed E-state index contributed by atoms with van der Waals surface area (Å²) in [4.78, 5) is 10.7. The molecule has 4 heteroatoms. The highest BCUT2D eigenvalue weighted by atomic mass is 16.6. The first-order valence-corrected chi connectivity index (χ1v) is 7.37. The van der Waals surface area contributed by atoms with E-state index in [1.807, 2.05) is 44.2 Å².